The molecule has 90 valence electrons. The fourth-order valence-electron chi connectivity index (χ4n) is 2.07. The van der Waals surface area contributed by atoms with E-state index in [9.17, 15) is 8.42 Å². The zero-order valence-corrected chi connectivity index (χ0v) is 11.4. The molecule has 2 aromatic rings. The summed E-state index contributed by atoms with van der Waals surface area (Å²) in [6, 6.07) is 7.85. The molecule has 0 spiro atoms. The number of rotatable bonds is 1. The van der Waals surface area contributed by atoms with Crippen LogP contribution in [0.1, 0.15) is 16.7 Å². The SMILES string of the molecule is Cc1cc2cc(C)c(S(C)(=O)=O)cc2cc1C. The van der Waals surface area contributed by atoms with Gasteiger partial charge >= 0.3 is 0 Å². The first kappa shape index (κ1) is 12.1. The predicted octanol–water partition coefficient (Wildman–Crippen LogP) is 3.17. The van der Waals surface area contributed by atoms with Crippen molar-refractivity contribution in [2.24, 2.45) is 0 Å². The van der Waals surface area contributed by atoms with E-state index in [1.54, 1.807) is 6.07 Å². The fraction of sp³-hybridized carbons (Fsp3) is 0.286. The molecule has 0 aliphatic heterocycles. The molecule has 0 atom stereocenters. The summed E-state index contributed by atoms with van der Waals surface area (Å²) in [6.07, 6.45) is 1.25. The first-order valence-electron chi connectivity index (χ1n) is 5.51. The summed E-state index contributed by atoms with van der Waals surface area (Å²) in [7, 11) is -3.15. The molecule has 0 radical (unpaired) electrons. The minimum Gasteiger partial charge on any atom is -0.224 e. The van der Waals surface area contributed by atoms with Gasteiger partial charge in [-0.25, -0.2) is 8.42 Å². The van der Waals surface area contributed by atoms with Crippen LogP contribution < -0.4 is 0 Å². The Morgan fingerprint density at radius 2 is 1.18 bits per heavy atom. The molecular formula is C14H16O2S. The van der Waals surface area contributed by atoms with Crippen LogP contribution in [0, 0.1) is 20.8 Å². The third kappa shape index (κ3) is 2.20. The highest BCUT2D eigenvalue weighted by atomic mass is 32.2. The Labute approximate surface area is 102 Å². The van der Waals surface area contributed by atoms with Crippen LogP contribution in [0.15, 0.2) is 29.2 Å². The van der Waals surface area contributed by atoms with Gasteiger partial charge in [-0.2, -0.15) is 0 Å². The Kier molecular flexibility index (Phi) is 2.74. The van der Waals surface area contributed by atoms with Crippen LogP contribution in [0.25, 0.3) is 10.8 Å². The summed E-state index contributed by atoms with van der Waals surface area (Å²) in [4.78, 5) is 0.424. The van der Waals surface area contributed by atoms with Crippen molar-refractivity contribution in [2.75, 3.05) is 6.26 Å². The molecule has 2 nitrogen and oxygen atoms in total. The molecule has 0 fully saturated rings. The van der Waals surface area contributed by atoms with Crippen molar-refractivity contribution in [3.8, 4) is 0 Å². The van der Waals surface area contributed by atoms with Crippen molar-refractivity contribution in [2.45, 2.75) is 25.7 Å². The van der Waals surface area contributed by atoms with Crippen molar-refractivity contribution < 1.29 is 8.42 Å². The molecule has 17 heavy (non-hydrogen) atoms. The Morgan fingerprint density at radius 3 is 1.65 bits per heavy atom. The number of fused-ring (bicyclic) bond motifs is 1. The lowest BCUT2D eigenvalue weighted by atomic mass is 10.0. The average Bonchev–Trinajstić information content (AvgIpc) is 2.18. The first-order chi connectivity index (χ1) is 7.79. The Hall–Kier alpha value is -1.35. The fourth-order valence-corrected chi connectivity index (χ4v) is 3.05. The maximum atomic E-state index is 11.6. The molecule has 0 aliphatic carbocycles. The lowest BCUT2D eigenvalue weighted by molar-refractivity contribution is 0.601. The third-order valence-electron chi connectivity index (χ3n) is 3.15. The van der Waals surface area contributed by atoms with E-state index in [0.717, 1.165) is 16.3 Å². The summed E-state index contributed by atoms with van der Waals surface area (Å²) in [5, 5.41) is 2.08. The largest absolute Gasteiger partial charge is 0.224 e. The van der Waals surface area contributed by atoms with E-state index in [1.807, 2.05) is 26.0 Å². The van der Waals surface area contributed by atoms with Crippen molar-refractivity contribution >= 4 is 20.6 Å². The van der Waals surface area contributed by atoms with Crippen LogP contribution in [0.5, 0.6) is 0 Å². The molecule has 0 saturated carbocycles. The molecule has 0 aliphatic rings. The van der Waals surface area contributed by atoms with Crippen molar-refractivity contribution in [3.63, 3.8) is 0 Å². The van der Waals surface area contributed by atoms with Crippen LogP contribution >= 0.6 is 0 Å². The predicted molar refractivity (Wildman–Crippen MR) is 71.3 cm³/mol. The zero-order valence-electron chi connectivity index (χ0n) is 10.5. The van der Waals surface area contributed by atoms with Gasteiger partial charge in [0.15, 0.2) is 9.84 Å². The maximum absolute atomic E-state index is 11.6. The molecule has 0 aromatic heterocycles. The summed E-state index contributed by atoms with van der Waals surface area (Å²) < 4.78 is 23.3. The van der Waals surface area contributed by atoms with Gasteiger partial charge in [0, 0.05) is 6.26 Å². The maximum Gasteiger partial charge on any atom is 0.175 e. The van der Waals surface area contributed by atoms with Crippen LogP contribution in [0.4, 0.5) is 0 Å². The van der Waals surface area contributed by atoms with E-state index < -0.39 is 9.84 Å². The third-order valence-corrected chi connectivity index (χ3v) is 4.38. The number of aryl methyl sites for hydroxylation is 3. The van der Waals surface area contributed by atoms with Crippen molar-refractivity contribution in [1.29, 1.82) is 0 Å². The molecule has 2 aromatic carbocycles. The second-order valence-electron chi connectivity index (χ2n) is 4.67. The summed E-state index contributed by atoms with van der Waals surface area (Å²) in [5.74, 6) is 0. The van der Waals surface area contributed by atoms with E-state index in [4.69, 9.17) is 0 Å². The monoisotopic (exact) mass is 248 g/mol. The summed E-state index contributed by atoms with van der Waals surface area (Å²) in [6.45, 7) is 5.94. The lowest BCUT2D eigenvalue weighted by Gasteiger charge is -2.09. The molecule has 0 N–H and O–H groups in total. The highest BCUT2D eigenvalue weighted by Crippen LogP contribution is 2.25. The quantitative estimate of drug-likeness (QED) is 0.776. The second kappa shape index (κ2) is 3.84. The average molecular weight is 248 g/mol. The Bertz CT molecular complexity index is 698. The van der Waals surface area contributed by atoms with Gasteiger partial charge < -0.3 is 0 Å². The molecule has 0 heterocycles. The lowest BCUT2D eigenvalue weighted by Crippen LogP contribution is -2.00. The first-order valence-corrected chi connectivity index (χ1v) is 7.40. The van der Waals surface area contributed by atoms with Gasteiger partial charge in [-0.1, -0.05) is 18.2 Å². The minimum absolute atomic E-state index is 0.424. The molecule has 2 rings (SSSR count). The highest BCUT2D eigenvalue weighted by Gasteiger charge is 2.12. The smallest absolute Gasteiger partial charge is 0.175 e. The van der Waals surface area contributed by atoms with Gasteiger partial charge in [0.1, 0.15) is 0 Å². The molecule has 0 saturated heterocycles. The van der Waals surface area contributed by atoms with E-state index in [0.29, 0.717) is 4.90 Å². The van der Waals surface area contributed by atoms with Gasteiger partial charge in [0.05, 0.1) is 4.90 Å². The van der Waals surface area contributed by atoms with Gasteiger partial charge in [0.25, 0.3) is 0 Å². The van der Waals surface area contributed by atoms with Gasteiger partial charge in [-0.15, -0.1) is 0 Å². The second-order valence-corrected chi connectivity index (χ2v) is 6.66. The zero-order chi connectivity index (χ0) is 12.8. The van der Waals surface area contributed by atoms with Crippen LogP contribution in [0.2, 0.25) is 0 Å². The molecule has 0 amide bonds. The van der Waals surface area contributed by atoms with Gasteiger partial charge in [0.2, 0.25) is 0 Å². The van der Waals surface area contributed by atoms with Crippen molar-refractivity contribution in [3.05, 3.63) is 41.0 Å². The summed E-state index contributed by atoms with van der Waals surface area (Å²) in [5.41, 5.74) is 3.22. The molecular weight excluding hydrogens is 232 g/mol. The van der Waals surface area contributed by atoms with Crippen LogP contribution in [0.3, 0.4) is 0 Å². The minimum atomic E-state index is -3.15. The van der Waals surface area contributed by atoms with E-state index in [1.165, 1.54) is 17.4 Å². The highest BCUT2D eigenvalue weighted by molar-refractivity contribution is 7.90. The Morgan fingerprint density at radius 1 is 0.765 bits per heavy atom. The van der Waals surface area contributed by atoms with E-state index >= 15 is 0 Å². The molecule has 3 heteroatoms. The molecule has 0 bridgehead atoms. The molecule has 0 unspecified atom stereocenters. The van der Waals surface area contributed by atoms with Gasteiger partial charge in [-0.3, -0.25) is 0 Å². The standard InChI is InChI=1S/C14H16O2S/c1-9-5-12-7-11(3)14(17(4,15)16)8-13(12)6-10(9)2/h5-8H,1-4H3. The van der Waals surface area contributed by atoms with Crippen LogP contribution in [-0.2, 0) is 9.84 Å². The van der Waals surface area contributed by atoms with Gasteiger partial charge in [-0.05, 0) is 54.3 Å². The number of hydrogen-bond acceptors (Lipinski definition) is 2. The van der Waals surface area contributed by atoms with Crippen LogP contribution in [-0.4, -0.2) is 14.7 Å². The van der Waals surface area contributed by atoms with E-state index in [-0.39, 0.29) is 0 Å². The Balaban J connectivity index is 2.86. The normalized spacial score (nSPS) is 12.0. The van der Waals surface area contributed by atoms with E-state index in [2.05, 4.69) is 13.0 Å². The topological polar surface area (TPSA) is 34.1 Å². The number of hydrogen-bond donors (Lipinski definition) is 0. The van der Waals surface area contributed by atoms with Crippen molar-refractivity contribution in [1.82, 2.24) is 0 Å². The number of sulfone groups is 1. The summed E-state index contributed by atoms with van der Waals surface area (Å²) >= 11 is 0. The number of benzene rings is 2.